The second-order valence-electron chi connectivity index (χ2n) is 5.45. The smallest absolute Gasteiger partial charge is 0.268 e. The number of H-pyrrole nitrogens is 1. The van der Waals surface area contributed by atoms with Gasteiger partial charge >= 0.3 is 0 Å². The molecule has 3 nitrogen and oxygen atoms in total. The Hall–Kier alpha value is -2.33. The Bertz CT molecular complexity index is 873. The highest BCUT2D eigenvalue weighted by Crippen LogP contribution is 2.22. The normalized spacial score (nSPS) is 10.9. The Morgan fingerprint density at radius 3 is 2.87 bits per heavy atom. The average Bonchev–Trinajstić information content (AvgIpc) is 2.84. The van der Waals surface area contributed by atoms with Crippen LogP contribution in [0.4, 0.5) is 4.39 Å². The number of aryl methyl sites for hydroxylation is 1. The number of carbonyl (C=O) groups is 1. The van der Waals surface area contributed by atoms with Gasteiger partial charge in [0.1, 0.15) is 11.5 Å². The summed E-state index contributed by atoms with van der Waals surface area (Å²) in [7, 11) is 0. The first-order chi connectivity index (χ1) is 11.0. The predicted octanol–water partition coefficient (Wildman–Crippen LogP) is 4.24. The van der Waals surface area contributed by atoms with E-state index in [1.165, 1.54) is 12.1 Å². The zero-order valence-corrected chi connectivity index (χ0v) is 13.4. The molecule has 0 aliphatic heterocycles. The highest BCUT2D eigenvalue weighted by atomic mass is 35.5. The van der Waals surface area contributed by atoms with E-state index in [1.807, 2.05) is 31.2 Å². The van der Waals surface area contributed by atoms with Crippen molar-refractivity contribution in [1.82, 2.24) is 10.3 Å². The Kier molecular flexibility index (Phi) is 4.35. The lowest BCUT2D eigenvalue weighted by atomic mass is 10.1. The van der Waals surface area contributed by atoms with Gasteiger partial charge in [-0.3, -0.25) is 4.79 Å². The number of halogens is 2. The van der Waals surface area contributed by atoms with E-state index in [1.54, 1.807) is 6.07 Å². The van der Waals surface area contributed by atoms with E-state index in [4.69, 9.17) is 11.6 Å². The van der Waals surface area contributed by atoms with Crippen molar-refractivity contribution < 1.29 is 9.18 Å². The fourth-order valence-corrected chi connectivity index (χ4v) is 2.84. The molecule has 3 aromatic rings. The summed E-state index contributed by atoms with van der Waals surface area (Å²) < 4.78 is 13.3. The minimum absolute atomic E-state index is 0.193. The van der Waals surface area contributed by atoms with Crippen LogP contribution in [-0.4, -0.2) is 17.4 Å². The van der Waals surface area contributed by atoms with Gasteiger partial charge in [0.05, 0.1) is 0 Å². The van der Waals surface area contributed by atoms with Crippen molar-refractivity contribution in [2.24, 2.45) is 0 Å². The molecule has 1 aromatic heterocycles. The molecule has 23 heavy (non-hydrogen) atoms. The van der Waals surface area contributed by atoms with Crippen LogP contribution in [0.3, 0.4) is 0 Å². The first-order valence-electron chi connectivity index (χ1n) is 7.35. The molecule has 0 bridgehead atoms. The zero-order valence-electron chi connectivity index (χ0n) is 12.6. The lowest BCUT2D eigenvalue weighted by Gasteiger charge is -2.05. The number of hydrogen-bond donors (Lipinski definition) is 2. The number of nitrogens with one attached hydrogen (secondary N) is 2. The molecule has 118 valence electrons. The van der Waals surface area contributed by atoms with Gasteiger partial charge in [0, 0.05) is 22.5 Å². The molecular formula is C18H16ClFN2O. The van der Waals surface area contributed by atoms with Crippen LogP contribution >= 0.6 is 11.6 Å². The summed E-state index contributed by atoms with van der Waals surface area (Å²) in [5.74, 6) is -0.506. The van der Waals surface area contributed by atoms with Gasteiger partial charge in [-0.25, -0.2) is 4.39 Å². The van der Waals surface area contributed by atoms with Crippen molar-refractivity contribution in [3.05, 3.63) is 70.1 Å². The van der Waals surface area contributed by atoms with E-state index in [-0.39, 0.29) is 11.7 Å². The van der Waals surface area contributed by atoms with E-state index in [9.17, 15) is 9.18 Å². The third-order valence-electron chi connectivity index (χ3n) is 3.84. The second kappa shape index (κ2) is 6.42. The lowest BCUT2D eigenvalue weighted by molar-refractivity contribution is 0.0949. The van der Waals surface area contributed by atoms with Crippen LogP contribution in [0.25, 0.3) is 10.9 Å². The number of hydrogen-bond acceptors (Lipinski definition) is 1. The highest BCUT2D eigenvalue weighted by Gasteiger charge is 2.14. The van der Waals surface area contributed by atoms with E-state index >= 15 is 0 Å². The summed E-state index contributed by atoms with van der Waals surface area (Å²) in [5, 5.41) is 4.29. The SMILES string of the molecule is Cc1c(C(=O)NCCc2cccc(Cl)c2)[nH]c2ccc(F)cc12. The fourth-order valence-electron chi connectivity index (χ4n) is 2.63. The molecule has 0 atom stereocenters. The van der Waals surface area contributed by atoms with Crippen molar-refractivity contribution in [1.29, 1.82) is 0 Å². The third kappa shape index (κ3) is 3.37. The van der Waals surface area contributed by atoms with Crippen molar-refractivity contribution in [2.45, 2.75) is 13.3 Å². The van der Waals surface area contributed by atoms with E-state index in [0.717, 1.165) is 22.0 Å². The number of benzene rings is 2. The van der Waals surface area contributed by atoms with Gasteiger partial charge in [-0.05, 0) is 54.8 Å². The number of rotatable bonds is 4. The van der Waals surface area contributed by atoms with Gasteiger partial charge < -0.3 is 10.3 Å². The Morgan fingerprint density at radius 1 is 1.26 bits per heavy atom. The lowest BCUT2D eigenvalue weighted by Crippen LogP contribution is -2.26. The van der Waals surface area contributed by atoms with Gasteiger partial charge in [0.2, 0.25) is 0 Å². The minimum atomic E-state index is -0.312. The summed E-state index contributed by atoms with van der Waals surface area (Å²) in [6, 6.07) is 12.0. The largest absolute Gasteiger partial charge is 0.350 e. The van der Waals surface area contributed by atoms with Gasteiger partial charge in [-0.1, -0.05) is 23.7 Å². The van der Waals surface area contributed by atoms with E-state index in [2.05, 4.69) is 10.3 Å². The number of amides is 1. The molecule has 2 N–H and O–H groups in total. The number of aromatic amines is 1. The van der Waals surface area contributed by atoms with Crippen LogP contribution in [-0.2, 0) is 6.42 Å². The molecule has 0 radical (unpaired) electrons. The maximum atomic E-state index is 13.3. The summed E-state index contributed by atoms with van der Waals surface area (Å²) in [6.07, 6.45) is 0.695. The van der Waals surface area contributed by atoms with Crippen LogP contribution in [0, 0.1) is 12.7 Å². The standard InChI is InChI=1S/C18H16ClFN2O/c1-11-15-10-14(20)5-6-16(15)22-17(11)18(23)21-8-7-12-3-2-4-13(19)9-12/h2-6,9-10,22H,7-8H2,1H3,(H,21,23). The van der Waals surface area contributed by atoms with Crippen LogP contribution in [0.2, 0.25) is 5.02 Å². The Morgan fingerprint density at radius 2 is 2.09 bits per heavy atom. The topological polar surface area (TPSA) is 44.9 Å². The number of fused-ring (bicyclic) bond motifs is 1. The molecule has 0 spiro atoms. The first-order valence-corrected chi connectivity index (χ1v) is 7.73. The maximum Gasteiger partial charge on any atom is 0.268 e. The van der Waals surface area contributed by atoms with Gasteiger partial charge in [0.25, 0.3) is 5.91 Å². The van der Waals surface area contributed by atoms with E-state index < -0.39 is 0 Å². The molecular weight excluding hydrogens is 315 g/mol. The summed E-state index contributed by atoms with van der Waals surface area (Å²) in [4.78, 5) is 15.4. The van der Waals surface area contributed by atoms with Gasteiger partial charge in [-0.2, -0.15) is 0 Å². The monoisotopic (exact) mass is 330 g/mol. The molecule has 3 rings (SSSR count). The van der Waals surface area contributed by atoms with Crippen molar-refractivity contribution >= 4 is 28.4 Å². The van der Waals surface area contributed by atoms with Crippen LogP contribution in [0.5, 0.6) is 0 Å². The quantitative estimate of drug-likeness (QED) is 0.738. The number of aromatic nitrogens is 1. The average molecular weight is 331 g/mol. The summed E-state index contributed by atoms with van der Waals surface area (Å²) in [6.45, 7) is 2.31. The van der Waals surface area contributed by atoms with Gasteiger partial charge in [-0.15, -0.1) is 0 Å². The van der Waals surface area contributed by atoms with Crippen molar-refractivity contribution in [3.63, 3.8) is 0 Å². The van der Waals surface area contributed by atoms with Crippen LogP contribution < -0.4 is 5.32 Å². The molecule has 1 amide bonds. The van der Waals surface area contributed by atoms with Crippen molar-refractivity contribution in [2.75, 3.05) is 6.54 Å². The molecule has 2 aromatic carbocycles. The molecule has 0 saturated carbocycles. The predicted molar refractivity (Wildman–Crippen MR) is 90.5 cm³/mol. The summed E-state index contributed by atoms with van der Waals surface area (Å²) in [5.41, 5.74) is 3.04. The Balaban J connectivity index is 1.70. The molecule has 1 heterocycles. The van der Waals surface area contributed by atoms with Crippen molar-refractivity contribution in [3.8, 4) is 0 Å². The second-order valence-corrected chi connectivity index (χ2v) is 5.89. The zero-order chi connectivity index (χ0) is 16.4. The third-order valence-corrected chi connectivity index (χ3v) is 4.07. The molecule has 0 aliphatic rings. The minimum Gasteiger partial charge on any atom is -0.350 e. The maximum absolute atomic E-state index is 13.3. The molecule has 0 aliphatic carbocycles. The van der Waals surface area contributed by atoms with Crippen LogP contribution in [0.1, 0.15) is 21.6 Å². The van der Waals surface area contributed by atoms with Gasteiger partial charge in [0.15, 0.2) is 0 Å². The molecule has 0 unspecified atom stereocenters. The Labute approximate surface area is 138 Å². The summed E-state index contributed by atoms with van der Waals surface area (Å²) >= 11 is 5.94. The molecule has 0 fully saturated rings. The number of carbonyl (C=O) groups excluding carboxylic acids is 1. The molecule has 5 heteroatoms. The first kappa shape index (κ1) is 15.6. The molecule has 0 saturated heterocycles. The van der Waals surface area contributed by atoms with E-state index in [0.29, 0.717) is 23.7 Å². The highest BCUT2D eigenvalue weighted by molar-refractivity contribution is 6.30. The van der Waals surface area contributed by atoms with Crippen LogP contribution in [0.15, 0.2) is 42.5 Å². The fraction of sp³-hybridized carbons (Fsp3) is 0.167.